The first-order valence-corrected chi connectivity index (χ1v) is 15.9. The smallest absolute Gasteiger partial charge is 0.263 e. The lowest BCUT2D eigenvalue weighted by molar-refractivity contribution is 0.0550. The lowest BCUT2D eigenvalue weighted by Crippen LogP contribution is -2.91. The highest BCUT2D eigenvalue weighted by Gasteiger charge is 2.59. The molecule has 5 rings (SSSR count). The van der Waals surface area contributed by atoms with E-state index in [-0.39, 0.29) is 38.7 Å². The Bertz CT molecular complexity index is 1720. The number of anilines is 3. The van der Waals surface area contributed by atoms with Gasteiger partial charge in [-0.3, -0.25) is 14.2 Å². The van der Waals surface area contributed by atoms with E-state index >= 15 is 0 Å². The zero-order valence-electron chi connectivity index (χ0n) is 29.3. The molecule has 1 saturated heterocycles. The SMILES string of the molecule is BC1(B)CCC(B)(B)C1n1c(=O)c(C(C)=O)c(C)c2cnc(Nc3ccc(N4C(B)(B)C(B)(B)NC(B)(B)C4(B)O)cn3)nc21. The van der Waals surface area contributed by atoms with Crippen molar-refractivity contribution in [2.45, 2.75) is 64.8 Å². The van der Waals surface area contributed by atoms with E-state index in [1.807, 2.05) is 40.6 Å². The molecule has 3 N–H and O–H groups in total. The number of aromatic nitrogens is 4. The first kappa shape index (κ1) is 33.7. The molecule has 1 aliphatic heterocycles. The summed E-state index contributed by atoms with van der Waals surface area (Å²) in [6.07, 6.45) is 5.36. The number of carbonyl (C=O) groups excluding carboxylic acids is 1. The van der Waals surface area contributed by atoms with Crippen LogP contribution in [0.5, 0.6) is 0 Å². The summed E-state index contributed by atoms with van der Waals surface area (Å²) < 4.78 is 1.76. The van der Waals surface area contributed by atoms with Gasteiger partial charge in [0.25, 0.3) is 5.56 Å². The van der Waals surface area contributed by atoms with Crippen molar-refractivity contribution in [1.82, 2.24) is 24.8 Å². The minimum absolute atomic E-state index is 0.164. The fraction of sp³-hybridized carbons (Fsp3) is 0.458. The monoisotopic (exact) mass is 595 g/mol. The third kappa shape index (κ3) is 5.16. The predicted molar refractivity (Wildman–Crippen MR) is 212 cm³/mol. The van der Waals surface area contributed by atoms with Gasteiger partial charge >= 0.3 is 0 Å². The van der Waals surface area contributed by atoms with Crippen LogP contribution in [0.1, 0.15) is 41.7 Å². The minimum atomic E-state index is -1.22. The summed E-state index contributed by atoms with van der Waals surface area (Å²) in [5.74, 6) is 0.569. The topological polar surface area (TPSA) is 125 Å². The van der Waals surface area contributed by atoms with Crippen molar-refractivity contribution in [1.29, 1.82) is 0 Å². The van der Waals surface area contributed by atoms with E-state index in [1.54, 1.807) is 23.9 Å². The maximum atomic E-state index is 14.1. The number of fused-ring (bicyclic) bond motifs is 1. The molecule has 2 fully saturated rings. The van der Waals surface area contributed by atoms with Crippen LogP contribution in [-0.4, -0.2) is 138 Å². The summed E-state index contributed by atoms with van der Waals surface area (Å²) in [4.78, 5) is 43.0. The Hall–Kier alpha value is -2.66. The highest BCUT2D eigenvalue weighted by atomic mass is 16.3. The first-order valence-electron chi connectivity index (χ1n) is 15.9. The van der Waals surface area contributed by atoms with Crippen molar-refractivity contribution in [3.8, 4) is 0 Å². The van der Waals surface area contributed by atoms with Gasteiger partial charge in [-0.1, -0.05) is 23.3 Å². The number of hydrogen-bond donors (Lipinski definition) is 3. The predicted octanol–water partition coefficient (Wildman–Crippen LogP) is -9.01. The molecule has 1 aliphatic carbocycles. The van der Waals surface area contributed by atoms with Crippen LogP contribution in [-0.2, 0) is 0 Å². The molecule has 1 atom stereocenters. The van der Waals surface area contributed by atoms with E-state index in [4.69, 9.17) is 9.97 Å². The van der Waals surface area contributed by atoms with Crippen LogP contribution in [0, 0.1) is 6.92 Å². The average molecular weight is 594 g/mol. The number of rotatable bonds is 5. The molecule has 0 aromatic carbocycles. The fourth-order valence-electron chi connectivity index (χ4n) is 8.16. The van der Waals surface area contributed by atoms with Crippen LogP contribution >= 0.6 is 0 Å². The third-order valence-electron chi connectivity index (χ3n) is 11.3. The Morgan fingerprint density at radius 3 is 2.09 bits per heavy atom. The standard InChI is InChI=1S/C24H40B11N7O3/c1-9-12-8-37-18(39-15(12)41(16(44)14(9)10(2)43)17-19(25,26)5-6-20(17,27)28)38-13-4-3-11(7-36-13)42-23(33,34)21(29,30)40-22(31,32)24(42,35)45/h3-4,7-8,17,40,45H,5-6,25-35H2,1-2H3,(H,36,37,38,39). The molecule has 0 bridgehead atoms. The molecule has 4 heterocycles. The molecule has 3 aromatic rings. The summed E-state index contributed by atoms with van der Waals surface area (Å²) in [6, 6.07) is 3.62. The number of hydrogen-bond acceptors (Lipinski definition) is 9. The molecule has 0 amide bonds. The highest BCUT2D eigenvalue weighted by molar-refractivity contribution is 6.58. The molecule has 21 heteroatoms. The number of Topliss-reactive ketones (excluding diaryl/α,β-unsaturated/α-hetero) is 1. The van der Waals surface area contributed by atoms with Gasteiger partial charge in [-0.25, -0.2) is 9.97 Å². The van der Waals surface area contributed by atoms with Gasteiger partial charge in [-0.15, -0.1) is 0 Å². The van der Waals surface area contributed by atoms with Crippen LogP contribution in [0.25, 0.3) is 11.0 Å². The normalized spacial score (nSPS) is 24.7. The molecule has 3 aromatic heterocycles. The Morgan fingerprint density at radius 1 is 0.956 bits per heavy atom. The van der Waals surface area contributed by atoms with Crippen molar-refractivity contribution < 1.29 is 9.90 Å². The average Bonchev–Trinajstić information content (AvgIpc) is 3.10. The van der Waals surface area contributed by atoms with E-state index < -0.39 is 16.3 Å². The van der Waals surface area contributed by atoms with Crippen LogP contribution in [0.2, 0.25) is 10.4 Å². The van der Waals surface area contributed by atoms with Crippen molar-refractivity contribution in [3.63, 3.8) is 0 Å². The maximum absolute atomic E-state index is 14.1. The number of nitrogens with one attached hydrogen (secondary N) is 2. The Labute approximate surface area is 275 Å². The number of aryl methyl sites for hydroxylation is 1. The zero-order chi connectivity index (χ0) is 33.7. The number of nitrogens with zero attached hydrogens (tertiary/aromatic N) is 5. The maximum Gasteiger partial charge on any atom is 0.263 e. The number of pyridine rings is 2. The van der Waals surface area contributed by atoms with E-state index in [0.29, 0.717) is 28.4 Å². The van der Waals surface area contributed by atoms with Gasteiger partial charge < -0.3 is 20.6 Å². The van der Waals surface area contributed by atoms with Crippen LogP contribution in [0.15, 0.2) is 29.3 Å². The van der Waals surface area contributed by atoms with Crippen LogP contribution < -0.4 is 21.1 Å². The van der Waals surface area contributed by atoms with E-state index in [2.05, 4.69) is 78.4 Å². The quantitative estimate of drug-likeness (QED) is 0.196. The Balaban J connectivity index is 1.59. The van der Waals surface area contributed by atoms with Crippen molar-refractivity contribution in [2.24, 2.45) is 0 Å². The lowest BCUT2D eigenvalue weighted by Gasteiger charge is -2.68. The molecule has 45 heavy (non-hydrogen) atoms. The number of carbonyl (C=O) groups is 1. The Morgan fingerprint density at radius 2 is 1.56 bits per heavy atom. The number of piperazine rings is 1. The van der Waals surface area contributed by atoms with Gasteiger partial charge in [0.2, 0.25) is 5.95 Å². The third-order valence-corrected chi connectivity index (χ3v) is 11.3. The molecular weight excluding hydrogens is 553 g/mol. The molecule has 222 valence electrons. The molecule has 0 radical (unpaired) electrons. The van der Waals surface area contributed by atoms with E-state index in [0.717, 1.165) is 18.5 Å². The fourth-order valence-corrected chi connectivity index (χ4v) is 8.16. The molecule has 0 spiro atoms. The first-order chi connectivity index (χ1) is 20.5. The van der Waals surface area contributed by atoms with Crippen molar-refractivity contribution >= 4 is 121 Å². The largest absolute Gasteiger partial charge is 0.379 e. The molecule has 1 saturated carbocycles. The van der Waals surface area contributed by atoms with Gasteiger partial charge in [-0.2, -0.15) is 4.98 Å². The van der Waals surface area contributed by atoms with Crippen LogP contribution in [0.3, 0.4) is 0 Å². The number of aliphatic hydroxyl groups is 1. The number of ketones is 1. The summed E-state index contributed by atoms with van der Waals surface area (Å²) in [5, 5.41) is 17.6. The summed E-state index contributed by atoms with van der Waals surface area (Å²) in [7, 11) is 23.1. The molecule has 10 nitrogen and oxygen atoms in total. The Kier molecular flexibility index (Phi) is 7.81. The molecule has 1 unspecified atom stereocenters. The molecular formula is C24H40B11N7O3. The lowest BCUT2D eigenvalue weighted by atomic mass is 9.32. The van der Waals surface area contributed by atoms with Gasteiger partial charge in [-0.05, 0) is 47.6 Å². The van der Waals surface area contributed by atoms with Gasteiger partial charge in [0, 0.05) is 17.6 Å². The van der Waals surface area contributed by atoms with Crippen molar-refractivity contribution in [3.05, 3.63) is 46.0 Å². The summed E-state index contributed by atoms with van der Waals surface area (Å²) in [6.45, 7) is 3.24. The van der Waals surface area contributed by atoms with E-state index in [9.17, 15) is 14.7 Å². The van der Waals surface area contributed by atoms with Gasteiger partial charge in [0.05, 0.1) is 23.1 Å². The minimum Gasteiger partial charge on any atom is -0.379 e. The van der Waals surface area contributed by atoms with Crippen molar-refractivity contribution in [2.75, 3.05) is 10.2 Å². The summed E-state index contributed by atoms with van der Waals surface area (Å²) in [5.41, 5.74) is 0.562. The van der Waals surface area contributed by atoms with Gasteiger partial charge in [0.15, 0.2) is 13.6 Å². The highest BCUT2D eigenvalue weighted by Crippen LogP contribution is 2.59. The van der Waals surface area contributed by atoms with Crippen LogP contribution in [0.4, 0.5) is 17.5 Å². The zero-order valence-corrected chi connectivity index (χ0v) is 29.3. The second kappa shape index (κ2) is 10.4. The molecule has 2 aliphatic rings. The van der Waals surface area contributed by atoms with Gasteiger partial charge in [0.1, 0.15) is 89.9 Å². The second-order valence-electron chi connectivity index (χ2n) is 16.4. The second-order valence-corrected chi connectivity index (χ2v) is 16.4. The summed E-state index contributed by atoms with van der Waals surface area (Å²) >= 11 is 0. The van der Waals surface area contributed by atoms with E-state index in [1.165, 1.54) is 6.92 Å².